The van der Waals surface area contributed by atoms with Crippen LogP contribution in [-0.2, 0) is 4.74 Å². The average Bonchev–Trinajstić information content (AvgIpc) is 2.28. The van der Waals surface area contributed by atoms with Gasteiger partial charge in [-0.05, 0) is 31.7 Å². The van der Waals surface area contributed by atoms with Crippen LogP contribution in [0.1, 0.15) is 40.0 Å². The predicted molar refractivity (Wildman–Crippen MR) is 69.6 cm³/mol. The fourth-order valence-corrected chi connectivity index (χ4v) is 2.05. The van der Waals surface area contributed by atoms with Crippen LogP contribution in [0.3, 0.4) is 0 Å². The molecule has 0 radical (unpaired) electrons. The van der Waals surface area contributed by atoms with E-state index in [1.165, 1.54) is 18.4 Å². The highest BCUT2D eigenvalue weighted by molar-refractivity contribution is 5.06. The van der Waals surface area contributed by atoms with Crippen LogP contribution in [-0.4, -0.2) is 26.3 Å². The molecule has 94 valence electrons. The monoisotopic (exact) mass is 225 g/mol. The fraction of sp³-hybridized carbons (Fsp3) is 0.857. The molecule has 0 amide bonds. The van der Waals surface area contributed by atoms with Crippen molar-refractivity contribution in [1.29, 1.82) is 0 Å². The van der Waals surface area contributed by atoms with Crippen molar-refractivity contribution in [2.75, 3.05) is 26.3 Å². The molecule has 1 unspecified atom stereocenters. The molecular weight excluding hydrogens is 198 g/mol. The van der Waals surface area contributed by atoms with E-state index in [9.17, 15) is 0 Å². The molecule has 1 aliphatic heterocycles. The van der Waals surface area contributed by atoms with Crippen molar-refractivity contribution in [3.63, 3.8) is 0 Å². The van der Waals surface area contributed by atoms with E-state index in [2.05, 4.69) is 32.2 Å². The van der Waals surface area contributed by atoms with Crippen LogP contribution in [0.15, 0.2) is 11.6 Å². The Bertz CT molecular complexity index is 205. The topological polar surface area (TPSA) is 21.3 Å². The highest BCUT2D eigenvalue weighted by Gasteiger charge is 2.11. The van der Waals surface area contributed by atoms with Crippen LogP contribution < -0.4 is 5.32 Å². The van der Waals surface area contributed by atoms with E-state index in [-0.39, 0.29) is 0 Å². The summed E-state index contributed by atoms with van der Waals surface area (Å²) in [5, 5.41) is 3.52. The number of hydrogen-bond acceptors (Lipinski definition) is 2. The summed E-state index contributed by atoms with van der Waals surface area (Å²) in [5.41, 5.74) is 1.54. The lowest BCUT2D eigenvalue weighted by molar-refractivity contribution is 0.0707. The summed E-state index contributed by atoms with van der Waals surface area (Å²) >= 11 is 0. The van der Waals surface area contributed by atoms with E-state index >= 15 is 0 Å². The number of nitrogens with one attached hydrogen (secondary N) is 1. The molecule has 1 rings (SSSR count). The van der Waals surface area contributed by atoms with E-state index in [1.807, 2.05) is 0 Å². The summed E-state index contributed by atoms with van der Waals surface area (Å²) in [7, 11) is 0. The molecule has 0 aromatic carbocycles. The third-order valence-corrected chi connectivity index (χ3v) is 3.03. The van der Waals surface area contributed by atoms with Gasteiger partial charge < -0.3 is 10.1 Å². The molecule has 1 saturated heterocycles. The molecule has 0 spiro atoms. The molecule has 1 heterocycles. The predicted octanol–water partition coefficient (Wildman–Crippen LogP) is 3.00. The molecule has 2 heteroatoms. The summed E-state index contributed by atoms with van der Waals surface area (Å²) in [6.07, 6.45) is 6.11. The largest absolute Gasteiger partial charge is 0.381 e. The van der Waals surface area contributed by atoms with Gasteiger partial charge in [-0.15, -0.1) is 0 Å². The van der Waals surface area contributed by atoms with Gasteiger partial charge in [0, 0.05) is 19.1 Å². The first-order chi connectivity index (χ1) is 7.72. The maximum Gasteiger partial charge on any atom is 0.0528 e. The molecule has 1 fully saturated rings. The molecule has 1 aliphatic rings. The summed E-state index contributed by atoms with van der Waals surface area (Å²) in [5.74, 6) is 1.39. The Balaban J connectivity index is 2.30. The first-order valence-corrected chi connectivity index (χ1v) is 6.70. The highest BCUT2D eigenvalue weighted by Crippen LogP contribution is 2.17. The molecule has 0 saturated carbocycles. The lowest BCUT2D eigenvalue weighted by Crippen LogP contribution is -2.23. The average molecular weight is 225 g/mol. The van der Waals surface area contributed by atoms with Gasteiger partial charge in [0.05, 0.1) is 6.61 Å². The minimum atomic E-state index is 0.657. The summed E-state index contributed by atoms with van der Waals surface area (Å²) in [4.78, 5) is 0. The summed E-state index contributed by atoms with van der Waals surface area (Å²) < 4.78 is 5.51. The second-order valence-corrected chi connectivity index (χ2v) is 5.18. The SMILES string of the molecule is CC/C(=C/C1CCCOC1)CNCC(C)C. The second-order valence-electron chi connectivity index (χ2n) is 5.18. The summed E-state index contributed by atoms with van der Waals surface area (Å²) in [6.45, 7) is 10.8. The normalized spacial score (nSPS) is 22.8. The van der Waals surface area contributed by atoms with Gasteiger partial charge in [0.1, 0.15) is 0 Å². The maximum absolute atomic E-state index is 5.51. The lowest BCUT2D eigenvalue weighted by atomic mass is 9.98. The molecule has 16 heavy (non-hydrogen) atoms. The van der Waals surface area contributed by atoms with Crippen LogP contribution in [0.4, 0.5) is 0 Å². The van der Waals surface area contributed by atoms with Crippen molar-refractivity contribution < 1.29 is 4.74 Å². The van der Waals surface area contributed by atoms with Crippen molar-refractivity contribution in [3.05, 3.63) is 11.6 Å². The zero-order valence-corrected chi connectivity index (χ0v) is 11.1. The quantitative estimate of drug-likeness (QED) is 0.702. The van der Waals surface area contributed by atoms with Crippen molar-refractivity contribution in [3.8, 4) is 0 Å². The van der Waals surface area contributed by atoms with Crippen LogP contribution in [0.2, 0.25) is 0 Å². The van der Waals surface area contributed by atoms with Crippen molar-refractivity contribution in [2.24, 2.45) is 11.8 Å². The van der Waals surface area contributed by atoms with Crippen LogP contribution >= 0.6 is 0 Å². The molecule has 2 nitrogen and oxygen atoms in total. The Kier molecular flexibility index (Phi) is 6.74. The van der Waals surface area contributed by atoms with Crippen LogP contribution in [0.25, 0.3) is 0 Å². The van der Waals surface area contributed by atoms with E-state index in [0.717, 1.165) is 38.6 Å². The molecule has 1 atom stereocenters. The van der Waals surface area contributed by atoms with E-state index in [4.69, 9.17) is 4.74 Å². The fourth-order valence-electron chi connectivity index (χ4n) is 2.05. The Labute approximate surface area is 100 Å². The van der Waals surface area contributed by atoms with Gasteiger partial charge in [0.15, 0.2) is 0 Å². The van der Waals surface area contributed by atoms with Crippen molar-refractivity contribution in [2.45, 2.75) is 40.0 Å². The Morgan fingerprint density at radius 3 is 2.88 bits per heavy atom. The third kappa shape index (κ3) is 5.66. The van der Waals surface area contributed by atoms with Gasteiger partial charge in [-0.2, -0.15) is 0 Å². The Morgan fingerprint density at radius 1 is 1.50 bits per heavy atom. The smallest absolute Gasteiger partial charge is 0.0528 e. The minimum Gasteiger partial charge on any atom is -0.381 e. The Morgan fingerprint density at radius 2 is 2.31 bits per heavy atom. The number of ether oxygens (including phenoxy) is 1. The van der Waals surface area contributed by atoms with E-state index in [1.54, 1.807) is 0 Å². The summed E-state index contributed by atoms with van der Waals surface area (Å²) in [6, 6.07) is 0. The molecule has 0 aromatic heterocycles. The molecule has 1 N–H and O–H groups in total. The lowest BCUT2D eigenvalue weighted by Gasteiger charge is -2.20. The zero-order valence-electron chi connectivity index (χ0n) is 11.1. The number of rotatable bonds is 6. The van der Waals surface area contributed by atoms with Crippen LogP contribution in [0, 0.1) is 11.8 Å². The van der Waals surface area contributed by atoms with Gasteiger partial charge in [0.25, 0.3) is 0 Å². The van der Waals surface area contributed by atoms with Gasteiger partial charge >= 0.3 is 0 Å². The standard InChI is InChI=1S/C14H27NO/c1-4-13(10-15-9-12(2)3)8-14-6-5-7-16-11-14/h8,12,14-15H,4-7,9-11H2,1-3H3/b13-8-. The number of hydrogen-bond donors (Lipinski definition) is 1. The Hall–Kier alpha value is -0.340. The van der Waals surface area contributed by atoms with Gasteiger partial charge in [-0.25, -0.2) is 0 Å². The molecule has 0 bridgehead atoms. The highest BCUT2D eigenvalue weighted by atomic mass is 16.5. The van der Waals surface area contributed by atoms with Gasteiger partial charge in [-0.3, -0.25) is 0 Å². The van der Waals surface area contributed by atoms with Crippen LogP contribution in [0.5, 0.6) is 0 Å². The zero-order chi connectivity index (χ0) is 11.8. The minimum absolute atomic E-state index is 0.657. The van der Waals surface area contributed by atoms with E-state index in [0.29, 0.717) is 5.92 Å². The van der Waals surface area contributed by atoms with Crippen molar-refractivity contribution in [1.82, 2.24) is 5.32 Å². The molecular formula is C14H27NO. The second kappa shape index (κ2) is 7.86. The molecule has 0 aromatic rings. The van der Waals surface area contributed by atoms with Gasteiger partial charge in [0.2, 0.25) is 0 Å². The third-order valence-electron chi connectivity index (χ3n) is 3.03. The first-order valence-electron chi connectivity index (χ1n) is 6.70. The van der Waals surface area contributed by atoms with E-state index < -0.39 is 0 Å². The molecule has 0 aliphatic carbocycles. The van der Waals surface area contributed by atoms with Gasteiger partial charge in [-0.1, -0.05) is 32.4 Å². The van der Waals surface area contributed by atoms with Crippen molar-refractivity contribution >= 4 is 0 Å². The maximum atomic E-state index is 5.51. The first kappa shape index (κ1) is 13.7.